The van der Waals surface area contributed by atoms with Gasteiger partial charge in [-0.3, -0.25) is 14.5 Å². The van der Waals surface area contributed by atoms with Crippen molar-refractivity contribution in [2.24, 2.45) is 17.8 Å². The molecule has 4 atom stereocenters. The highest BCUT2D eigenvalue weighted by Crippen LogP contribution is 2.50. The lowest BCUT2D eigenvalue weighted by molar-refractivity contribution is -0.140. The van der Waals surface area contributed by atoms with Crippen molar-refractivity contribution in [3.63, 3.8) is 0 Å². The van der Waals surface area contributed by atoms with E-state index >= 15 is 0 Å². The fourth-order valence-corrected chi connectivity index (χ4v) is 6.46. The van der Waals surface area contributed by atoms with E-state index in [9.17, 15) is 14.7 Å². The standard InChI is InChI=1S/C27H34INO6/c1-5-8-29-26(31)18-12-17(13-33-3)23-19(24(18)27(29)32)14-35-21(23)7-6-15(2)9-16-10-20(28)25(30)22(11-16)34-4/h9-11,18-19,21,24,30H,5-8,12-14H2,1-4H3/b15-9+/t18-,19+,21-,24-/m1/s1. The van der Waals surface area contributed by atoms with E-state index in [1.807, 2.05) is 19.1 Å². The Morgan fingerprint density at radius 3 is 2.71 bits per heavy atom. The molecule has 2 heterocycles. The first-order valence-electron chi connectivity index (χ1n) is 12.2. The number of ether oxygens (including phenoxy) is 3. The van der Waals surface area contributed by atoms with Crippen LogP contribution >= 0.6 is 22.6 Å². The number of halogens is 1. The second-order valence-corrected chi connectivity index (χ2v) is 10.8. The van der Waals surface area contributed by atoms with Crippen molar-refractivity contribution in [3.8, 4) is 11.5 Å². The summed E-state index contributed by atoms with van der Waals surface area (Å²) >= 11 is 2.10. The minimum absolute atomic E-state index is 0.0305. The van der Waals surface area contributed by atoms with Crippen LogP contribution in [0.5, 0.6) is 11.5 Å². The third-order valence-electron chi connectivity index (χ3n) is 7.35. The molecule has 7 nitrogen and oxygen atoms in total. The fourth-order valence-electron chi connectivity index (χ4n) is 5.84. The molecular weight excluding hydrogens is 561 g/mol. The van der Waals surface area contributed by atoms with E-state index in [1.165, 1.54) is 16.0 Å². The number of benzene rings is 1. The second-order valence-electron chi connectivity index (χ2n) is 9.67. The normalized spacial score (nSPS) is 26.4. The van der Waals surface area contributed by atoms with Crippen LogP contribution in [0.4, 0.5) is 0 Å². The third-order valence-corrected chi connectivity index (χ3v) is 8.17. The molecule has 35 heavy (non-hydrogen) atoms. The quantitative estimate of drug-likeness (QED) is 0.256. The first-order chi connectivity index (χ1) is 16.8. The number of carbonyl (C=O) groups is 2. The summed E-state index contributed by atoms with van der Waals surface area (Å²) in [6.45, 7) is 5.50. The molecule has 2 saturated heterocycles. The lowest BCUT2D eigenvalue weighted by atomic mass is 9.69. The topological polar surface area (TPSA) is 85.3 Å². The van der Waals surface area contributed by atoms with Crippen LogP contribution in [0, 0.1) is 21.3 Å². The van der Waals surface area contributed by atoms with Gasteiger partial charge < -0.3 is 19.3 Å². The molecule has 2 fully saturated rings. The zero-order valence-electron chi connectivity index (χ0n) is 20.8. The zero-order chi connectivity index (χ0) is 25.3. The van der Waals surface area contributed by atoms with Gasteiger partial charge in [0.1, 0.15) is 0 Å². The molecule has 2 aliphatic heterocycles. The summed E-state index contributed by atoms with van der Waals surface area (Å²) < 4.78 is 17.8. The van der Waals surface area contributed by atoms with Gasteiger partial charge in [-0.25, -0.2) is 0 Å². The van der Waals surface area contributed by atoms with Crippen LogP contribution in [-0.2, 0) is 19.1 Å². The summed E-state index contributed by atoms with van der Waals surface area (Å²) in [6, 6.07) is 3.75. The molecule has 0 saturated carbocycles. The van der Waals surface area contributed by atoms with E-state index in [0.29, 0.717) is 31.9 Å². The fraction of sp³-hybridized carbons (Fsp3) is 0.556. The minimum atomic E-state index is -0.308. The molecular formula is C27H34INO6. The predicted molar refractivity (Wildman–Crippen MR) is 141 cm³/mol. The Bertz CT molecular complexity index is 1060. The molecule has 1 aliphatic carbocycles. The van der Waals surface area contributed by atoms with Crippen molar-refractivity contribution < 1.29 is 28.9 Å². The molecule has 1 aromatic carbocycles. The summed E-state index contributed by atoms with van der Waals surface area (Å²) in [4.78, 5) is 27.7. The molecule has 4 rings (SSSR count). The number of fused-ring (bicyclic) bond motifs is 3. The first kappa shape index (κ1) is 26.2. The highest BCUT2D eigenvalue weighted by atomic mass is 127. The van der Waals surface area contributed by atoms with E-state index in [1.54, 1.807) is 14.2 Å². The molecule has 0 bridgehead atoms. The molecule has 0 unspecified atom stereocenters. The van der Waals surface area contributed by atoms with Gasteiger partial charge in [-0.05, 0) is 84.0 Å². The molecule has 0 aromatic heterocycles. The molecule has 3 aliphatic rings. The average molecular weight is 595 g/mol. The van der Waals surface area contributed by atoms with Crippen LogP contribution in [0.25, 0.3) is 6.08 Å². The minimum Gasteiger partial charge on any atom is -0.504 e. The Morgan fingerprint density at radius 1 is 1.26 bits per heavy atom. The molecule has 190 valence electrons. The number of likely N-dealkylation sites (tertiary alicyclic amines) is 1. The highest BCUT2D eigenvalue weighted by Gasteiger charge is 2.56. The lowest BCUT2D eigenvalue weighted by Gasteiger charge is -2.31. The summed E-state index contributed by atoms with van der Waals surface area (Å²) in [5.41, 5.74) is 4.46. The maximum Gasteiger partial charge on any atom is 0.233 e. The Kier molecular flexibility index (Phi) is 8.23. The number of imide groups is 1. The van der Waals surface area contributed by atoms with Gasteiger partial charge in [0.25, 0.3) is 0 Å². The Hall–Kier alpha value is -1.91. The number of nitrogens with zero attached hydrogens (tertiary/aromatic N) is 1. The van der Waals surface area contributed by atoms with E-state index in [4.69, 9.17) is 14.2 Å². The second kappa shape index (κ2) is 11.0. The number of hydrogen-bond acceptors (Lipinski definition) is 6. The van der Waals surface area contributed by atoms with Crippen LogP contribution in [0.2, 0.25) is 0 Å². The zero-order valence-corrected chi connectivity index (χ0v) is 23.0. The maximum absolute atomic E-state index is 13.2. The van der Waals surface area contributed by atoms with Gasteiger partial charge in [-0.15, -0.1) is 0 Å². The molecule has 1 aromatic rings. The number of aromatic hydroxyl groups is 1. The number of methoxy groups -OCH3 is 2. The first-order valence-corrected chi connectivity index (χ1v) is 13.3. The highest BCUT2D eigenvalue weighted by molar-refractivity contribution is 14.1. The number of rotatable bonds is 9. The Labute approximate surface area is 220 Å². The van der Waals surface area contributed by atoms with Gasteiger partial charge in [0.15, 0.2) is 11.5 Å². The van der Waals surface area contributed by atoms with Gasteiger partial charge >= 0.3 is 0 Å². The van der Waals surface area contributed by atoms with Gasteiger partial charge in [0.05, 0.1) is 41.8 Å². The Balaban J connectivity index is 1.52. The van der Waals surface area contributed by atoms with Crippen molar-refractivity contribution in [3.05, 3.63) is 38.0 Å². The van der Waals surface area contributed by atoms with Gasteiger partial charge in [-0.1, -0.05) is 18.6 Å². The largest absolute Gasteiger partial charge is 0.504 e. The summed E-state index contributed by atoms with van der Waals surface area (Å²) in [7, 11) is 3.22. The van der Waals surface area contributed by atoms with Gasteiger partial charge in [0, 0.05) is 19.6 Å². The van der Waals surface area contributed by atoms with Crippen LogP contribution in [0.15, 0.2) is 28.9 Å². The van der Waals surface area contributed by atoms with E-state index in [2.05, 4.69) is 35.6 Å². The van der Waals surface area contributed by atoms with Crippen LogP contribution < -0.4 is 4.74 Å². The number of hydrogen-bond donors (Lipinski definition) is 1. The average Bonchev–Trinajstić information content (AvgIpc) is 3.35. The van der Waals surface area contributed by atoms with Crippen LogP contribution in [0.3, 0.4) is 0 Å². The molecule has 0 spiro atoms. The third kappa shape index (κ3) is 5.02. The SMILES string of the molecule is CCCN1C(=O)[C@@H]2[C@@H](CC(COC)=C3[C@@H](CC/C(C)=C/c4cc(I)c(O)c(OC)c4)OC[C@@H]32)C1=O. The van der Waals surface area contributed by atoms with Crippen molar-refractivity contribution >= 4 is 40.5 Å². The lowest BCUT2D eigenvalue weighted by Crippen LogP contribution is -2.35. The number of amides is 2. The van der Waals surface area contributed by atoms with E-state index in [-0.39, 0.29) is 41.4 Å². The monoisotopic (exact) mass is 595 g/mol. The summed E-state index contributed by atoms with van der Waals surface area (Å²) in [6.07, 6.45) is 4.99. The maximum atomic E-state index is 13.2. The van der Waals surface area contributed by atoms with Crippen LogP contribution in [-0.4, -0.2) is 61.9 Å². The molecule has 8 heteroatoms. The van der Waals surface area contributed by atoms with E-state index in [0.717, 1.165) is 34.0 Å². The van der Waals surface area contributed by atoms with Crippen molar-refractivity contribution in [1.29, 1.82) is 0 Å². The Morgan fingerprint density at radius 2 is 2.03 bits per heavy atom. The smallest absolute Gasteiger partial charge is 0.233 e. The summed E-state index contributed by atoms with van der Waals surface area (Å²) in [5.74, 6) is -0.0975. The van der Waals surface area contributed by atoms with E-state index < -0.39 is 0 Å². The predicted octanol–water partition coefficient (Wildman–Crippen LogP) is 4.56. The number of phenolic OH excluding ortho intramolecular Hbond substituents is 1. The van der Waals surface area contributed by atoms with Crippen molar-refractivity contribution in [1.82, 2.24) is 4.90 Å². The van der Waals surface area contributed by atoms with Gasteiger partial charge in [0.2, 0.25) is 11.8 Å². The molecule has 2 amide bonds. The van der Waals surface area contributed by atoms with Crippen LogP contribution in [0.1, 0.15) is 45.1 Å². The number of phenols is 1. The number of carbonyl (C=O) groups excluding carboxylic acids is 2. The van der Waals surface area contributed by atoms with Crippen molar-refractivity contribution in [2.45, 2.75) is 45.6 Å². The van der Waals surface area contributed by atoms with Crippen molar-refractivity contribution in [2.75, 3.05) is 34.0 Å². The molecule has 1 N–H and O–H groups in total. The van der Waals surface area contributed by atoms with Gasteiger partial charge in [-0.2, -0.15) is 0 Å². The number of allylic oxidation sites excluding steroid dienone is 1. The summed E-state index contributed by atoms with van der Waals surface area (Å²) in [5, 5.41) is 10.1. The molecule has 0 radical (unpaired) electrons.